The molecule has 13 heavy (non-hydrogen) atoms. The van der Waals surface area contributed by atoms with Gasteiger partial charge in [-0.15, -0.1) is 0 Å². The van der Waals surface area contributed by atoms with E-state index in [9.17, 15) is 9.59 Å². The van der Waals surface area contributed by atoms with Crippen LogP contribution in [0.4, 0.5) is 0 Å². The smallest absolute Gasteiger partial charge is 0.246 e. The van der Waals surface area contributed by atoms with Crippen molar-refractivity contribution in [3.63, 3.8) is 0 Å². The summed E-state index contributed by atoms with van der Waals surface area (Å²) in [5, 5.41) is 2.47. The fraction of sp³-hybridized carbons (Fsp3) is 0.778. The maximum Gasteiger partial charge on any atom is 0.246 e. The molecule has 0 aromatic rings. The minimum Gasteiger partial charge on any atom is -0.375 e. The third-order valence-corrected chi connectivity index (χ3v) is 1.26. The lowest BCUT2D eigenvalue weighted by Gasteiger charge is -2.08. The normalized spacial score (nSPS) is 10.8. The summed E-state index contributed by atoms with van der Waals surface area (Å²) in [4.78, 5) is 21.4. The molecule has 0 aromatic heterocycles. The number of Topliss-reactive ketones (excluding diaryl/α,β-unsaturated/α-hetero) is 1. The van der Waals surface area contributed by atoms with Crippen LogP contribution < -0.4 is 5.32 Å². The molecule has 0 rings (SSSR count). The number of methoxy groups -OCH3 is 1. The molecule has 0 aromatic carbocycles. The molecule has 0 radical (unpaired) electrons. The van der Waals surface area contributed by atoms with Crippen LogP contribution in [0.15, 0.2) is 0 Å². The first kappa shape index (κ1) is 14.6. The van der Waals surface area contributed by atoms with Crippen molar-refractivity contribution in [2.45, 2.75) is 33.7 Å². The highest BCUT2D eigenvalue weighted by molar-refractivity contribution is 5.87. The fourth-order valence-electron chi connectivity index (χ4n) is 0.516. The van der Waals surface area contributed by atoms with E-state index in [2.05, 4.69) is 10.1 Å². The predicted molar refractivity (Wildman–Crippen MR) is 51.5 cm³/mol. The van der Waals surface area contributed by atoms with Crippen molar-refractivity contribution in [2.24, 2.45) is 0 Å². The Balaban J connectivity index is 0. The summed E-state index contributed by atoms with van der Waals surface area (Å²) in [5.74, 6) is -0.329. The largest absolute Gasteiger partial charge is 0.375 e. The van der Waals surface area contributed by atoms with E-state index in [0.29, 0.717) is 0 Å². The quantitative estimate of drug-likeness (QED) is 0.710. The summed E-state index contributed by atoms with van der Waals surface area (Å²) in [7, 11) is 1.43. The van der Waals surface area contributed by atoms with Gasteiger partial charge in [0.1, 0.15) is 6.61 Å². The average Bonchev–Trinajstić information content (AvgIpc) is 2.08. The van der Waals surface area contributed by atoms with Crippen LogP contribution in [0.3, 0.4) is 0 Å². The first-order chi connectivity index (χ1) is 6.07. The Labute approximate surface area is 79.7 Å². The lowest BCUT2D eigenvalue weighted by atomic mass is 10.2. The summed E-state index contributed by atoms with van der Waals surface area (Å²) < 4.78 is 4.56. The lowest BCUT2D eigenvalue weighted by Crippen LogP contribution is -2.39. The van der Waals surface area contributed by atoms with Gasteiger partial charge in [-0.2, -0.15) is 0 Å². The third kappa shape index (κ3) is 9.01. The Kier molecular flexibility index (Phi) is 10.3. The Bertz CT molecular complexity index is 157. The molecule has 1 unspecified atom stereocenters. The van der Waals surface area contributed by atoms with Crippen molar-refractivity contribution in [2.75, 3.05) is 13.7 Å². The fourth-order valence-corrected chi connectivity index (χ4v) is 0.516. The Morgan fingerprint density at radius 3 is 2.15 bits per heavy atom. The second-order valence-electron chi connectivity index (χ2n) is 2.33. The van der Waals surface area contributed by atoms with Crippen molar-refractivity contribution in [3.05, 3.63) is 0 Å². The van der Waals surface area contributed by atoms with Gasteiger partial charge >= 0.3 is 0 Å². The molecule has 0 aliphatic carbocycles. The molecule has 0 saturated heterocycles. The van der Waals surface area contributed by atoms with Gasteiger partial charge in [-0.1, -0.05) is 13.8 Å². The summed E-state index contributed by atoms with van der Waals surface area (Å²) in [6, 6.07) is -0.419. The molecule has 0 aliphatic rings. The summed E-state index contributed by atoms with van der Waals surface area (Å²) >= 11 is 0. The van der Waals surface area contributed by atoms with Crippen molar-refractivity contribution >= 4 is 11.7 Å². The maximum absolute atomic E-state index is 10.8. The molecule has 1 atom stereocenters. The highest BCUT2D eigenvalue weighted by atomic mass is 16.5. The topological polar surface area (TPSA) is 55.4 Å². The summed E-state index contributed by atoms with van der Waals surface area (Å²) in [5.41, 5.74) is 0. The van der Waals surface area contributed by atoms with Gasteiger partial charge in [0.15, 0.2) is 5.78 Å². The summed E-state index contributed by atoms with van der Waals surface area (Å²) in [6.45, 7) is 7.06. The highest BCUT2D eigenvalue weighted by Crippen LogP contribution is 1.82. The van der Waals surface area contributed by atoms with E-state index in [1.807, 2.05) is 13.8 Å². The number of hydrogen-bond acceptors (Lipinski definition) is 3. The van der Waals surface area contributed by atoms with E-state index in [-0.39, 0.29) is 18.3 Å². The average molecular weight is 189 g/mol. The zero-order chi connectivity index (χ0) is 10.9. The van der Waals surface area contributed by atoms with Crippen LogP contribution in [0.5, 0.6) is 0 Å². The molecule has 0 heterocycles. The maximum atomic E-state index is 10.8. The van der Waals surface area contributed by atoms with Gasteiger partial charge in [0.2, 0.25) is 5.91 Å². The molecule has 4 heteroatoms. The van der Waals surface area contributed by atoms with E-state index >= 15 is 0 Å². The molecule has 4 nitrogen and oxygen atoms in total. The molecule has 0 aliphatic heterocycles. The number of ketones is 1. The second-order valence-corrected chi connectivity index (χ2v) is 2.33. The molecule has 0 saturated carbocycles. The number of carbonyl (C=O) groups is 2. The first-order valence-corrected chi connectivity index (χ1v) is 4.36. The Morgan fingerprint density at radius 2 is 1.85 bits per heavy atom. The zero-order valence-corrected chi connectivity index (χ0v) is 9.01. The van der Waals surface area contributed by atoms with Gasteiger partial charge in [0, 0.05) is 7.11 Å². The molecule has 1 amide bonds. The standard InChI is InChI=1S/C7H13NO3.C2H6/c1-5(6(2)9)8-7(10)4-11-3;1-2/h5H,4H2,1-3H3,(H,8,10);1-2H3. The van der Waals surface area contributed by atoms with E-state index in [4.69, 9.17) is 0 Å². The second kappa shape index (κ2) is 9.19. The number of rotatable bonds is 4. The number of nitrogens with one attached hydrogen (secondary N) is 1. The van der Waals surface area contributed by atoms with E-state index < -0.39 is 6.04 Å². The minimum absolute atomic E-state index is 0.00236. The van der Waals surface area contributed by atoms with Crippen LogP contribution in [0, 0.1) is 0 Å². The van der Waals surface area contributed by atoms with E-state index in [1.165, 1.54) is 14.0 Å². The van der Waals surface area contributed by atoms with Gasteiger partial charge in [-0.25, -0.2) is 0 Å². The van der Waals surface area contributed by atoms with Crippen molar-refractivity contribution in [1.29, 1.82) is 0 Å². The number of amides is 1. The van der Waals surface area contributed by atoms with Gasteiger partial charge in [-0.05, 0) is 13.8 Å². The van der Waals surface area contributed by atoms with Crippen LogP contribution in [0.1, 0.15) is 27.7 Å². The minimum atomic E-state index is -0.419. The number of ether oxygens (including phenoxy) is 1. The van der Waals surface area contributed by atoms with Crippen LogP contribution in [0.2, 0.25) is 0 Å². The van der Waals surface area contributed by atoms with Gasteiger partial charge in [-0.3, -0.25) is 9.59 Å². The first-order valence-electron chi connectivity index (χ1n) is 4.36. The monoisotopic (exact) mass is 189 g/mol. The van der Waals surface area contributed by atoms with Gasteiger partial charge in [0.25, 0.3) is 0 Å². The van der Waals surface area contributed by atoms with Crippen LogP contribution in [0.25, 0.3) is 0 Å². The molecule has 0 spiro atoms. The van der Waals surface area contributed by atoms with Gasteiger partial charge < -0.3 is 10.1 Å². The van der Waals surface area contributed by atoms with Crippen molar-refractivity contribution < 1.29 is 14.3 Å². The molecular formula is C9H19NO3. The molecule has 0 fully saturated rings. The molecular weight excluding hydrogens is 170 g/mol. The lowest BCUT2D eigenvalue weighted by molar-refractivity contribution is -0.129. The molecule has 78 valence electrons. The van der Waals surface area contributed by atoms with Crippen molar-refractivity contribution in [1.82, 2.24) is 5.32 Å². The highest BCUT2D eigenvalue weighted by Gasteiger charge is 2.09. The van der Waals surface area contributed by atoms with E-state index in [0.717, 1.165) is 0 Å². The molecule has 0 bridgehead atoms. The van der Waals surface area contributed by atoms with Crippen LogP contribution in [-0.4, -0.2) is 31.4 Å². The van der Waals surface area contributed by atoms with Crippen molar-refractivity contribution in [3.8, 4) is 0 Å². The van der Waals surface area contributed by atoms with Crippen LogP contribution in [-0.2, 0) is 14.3 Å². The third-order valence-electron chi connectivity index (χ3n) is 1.26. The van der Waals surface area contributed by atoms with E-state index in [1.54, 1.807) is 6.92 Å². The number of carbonyl (C=O) groups excluding carboxylic acids is 2. The molecule has 1 N–H and O–H groups in total. The zero-order valence-electron chi connectivity index (χ0n) is 9.01. The Hall–Kier alpha value is -0.900. The summed E-state index contributed by atoms with van der Waals surface area (Å²) in [6.07, 6.45) is 0. The SMILES string of the molecule is CC.COCC(=O)NC(C)C(C)=O. The van der Waals surface area contributed by atoms with Crippen LogP contribution >= 0.6 is 0 Å². The van der Waals surface area contributed by atoms with Gasteiger partial charge in [0.05, 0.1) is 6.04 Å². The Morgan fingerprint density at radius 1 is 1.38 bits per heavy atom. The predicted octanol–water partition coefficient (Wildman–Crippen LogP) is 0.753. The number of hydrogen-bond donors (Lipinski definition) is 1.